The molecule has 25 heavy (non-hydrogen) atoms. The van der Waals surface area contributed by atoms with Crippen molar-refractivity contribution in [1.82, 2.24) is 15.1 Å². The van der Waals surface area contributed by atoms with Crippen molar-refractivity contribution in [1.29, 1.82) is 0 Å². The van der Waals surface area contributed by atoms with Crippen molar-refractivity contribution in [3.05, 3.63) is 35.9 Å². The van der Waals surface area contributed by atoms with Gasteiger partial charge in [-0.25, -0.2) is 0 Å². The van der Waals surface area contributed by atoms with Crippen molar-refractivity contribution in [2.45, 2.75) is 18.9 Å². The number of piperidine rings is 1. The van der Waals surface area contributed by atoms with Gasteiger partial charge in [0.05, 0.1) is 0 Å². The summed E-state index contributed by atoms with van der Waals surface area (Å²) in [5.74, 6) is 0.280. The lowest BCUT2D eigenvalue weighted by Gasteiger charge is -2.38. The van der Waals surface area contributed by atoms with Crippen LogP contribution in [0.1, 0.15) is 24.4 Å². The highest BCUT2D eigenvalue weighted by atomic mass is 16.5. The van der Waals surface area contributed by atoms with Crippen LogP contribution in [-0.4, -0.2) is 68.1 Å². The van der Waals surface area contributed by atoms with Gasteiger partial charge in [-0.15, -0.1) is 0 Å². The van der Waals surface area contributed by atoms with Crippen LogP contribution in [0.25, 0.3) is 0 Å². The normalized spacial score (nSPS) is 22.0. The molecule has 2 fully saturated rings. The molecule has 3 rings (SSSR count). The number of likely N-dealkylation sites (tertiary alicyclic amines) is 1. The van der Waals surface area contributed by atoms with Crippen LogP contribution in [0.15, 0.2) is 30.3 Å². The maximum atomic E-state index is 12.9. The summed E-state index contributed by atoms with van der Waals surface area (Å²) in [6, 6.07) is 10.5. The zero-order valence-corrected chi connectivity index (χ0v) is 14.8. The Morgan fingerprint density at radius 1 is 1.12 bits per heavy atom. The molecule has 0 aromatic heterocycles. The zero-order chi connectivity index (χ0) is 17.6. The second kappa shape index (κ2) is 8.45. The van der Waals surface area contributed by atoms with E-state index in [9.17, 15) is 9.59 Å². The molecule has 2 heterocycles. The number of hydrogen-bond acceptors (Lipinski definition) is 4. The van der Waals surface area contributed by atoms with Crippen LogP contribution in [-0.2, 0) is 14.3 Å². The Labute approximate surface area is 149 Å². The van der Waals surface area contributed by atoms with Crippen molar-refractivity contribution in [2.75, 3.05) is 46.4 Å². The van der Waals surface area contributed by atoms with Crippen molar-refractivity contribution in [3.63, 3.8) is 0 Å². The quantitative estimate of drug-likeness (QED) is 0.886. The molecule has 0 aliphatic carbocycles. The number of rotatable bonds is 4. The molecule has 1 N–H and O–H groups in total. The van der Waals surface area contributed by atoms with Gasteiger partial charge in [-0.3, -0.25) is 9.59 Å². The van der Waals surface area contributed by atoms with Crippen molar-refractivity contribution < 1.29 is 14.3 Å². The van der Waals surface area contributed by atoms with Gasteiger partial charge in [0, 0.05) is 51.8 Å². The fourth-order valence-corrected chi connectivity index (χ4v) is 3.71. The van der Waals surface area contributed by atoms with E-state index in [1.807, 2.05) is 23.1 Å². The van der Waals surface area contributed by atoms with Crippen LogP contribution in [0.5, 0.6) is 0 Å². The molecule has 1 aromatic rings. The molecule has 6 nitrogen and oxygen atoms in total. The van der Waals surface area contributed by atoms with Gasteiger partial charge in [0.2, 0.25) is 11.8 Å². The Balaban J connectivity index is 1.54. The Hall–Kier alpha value is -1.92. The molecule has 2 amide bonds. The van der Waals surface area contributed by atoms with E-state index < -0.39 is 0 Å². The van der Waals surface area contributed by atoms with Gasteiger partial charge in [0.15, 0.2) is 0 Å². The predicted octanol–water partition coefficient (Wildman–Crippen LogP) is 1.04. The molecule has 1 atom stereocenters. The molecular formula is C19H27N3O3. The summed E-state index contributed by atoms with van der Waals surface area (Å²) >= 11 is 0. The highest BCUT2D eigenvalue weighted by molar-refractivity contribution is 5.80. The molecule has 2 aliphatic heterocycles. The number of piperazine rings is 1. The molecule has 2 aliphatic rings. The standard InChI is InChI=1S/C19H27N3O3/c1-25-14-18(23)21-10-7-16(8-11-21)19(24)22-12-9-20-17(13-22)15-5-3-2-4-6-15/h2-6,16-17,20H,7-14H2,1H3. The Morgan fingerprint density at radius 2 is 1.84 bits per heavy atom. The first-order chi connectivity index (χ1) is 12.2. The van der Waals surface area contributed by atoms with Crippen LogP contribution in [0.4, 0.5) is 0 Å². The topological polar surface area (TPSA) is 61.9 Å². The number of methoxy groups -OCH3 is 1. The van der Waals surface area contributed by atoms with E-state index in [0.717, 1.165) is 25.9 Å². The lowest BCUT2D eigenvalue weighted by atomic mass is 9.94. The van der Waals surface area contributed by atoms with Crippen LogP contribution in [0.3, 0.4) is 0 Å². The minimum Gasteiger partial charge on any atom is -0.375 e. The average Bonchev–Trinajstić information content (AvgIpc) is 2.68. The first-order valence-corrected chi connectivity index (χ1v) is 9.03. The Kier molecular flexibility index (Phi) is 6.04. The summed E-state index contributed by atoms with van der Waals surface area (Å²) in [7, 11) is 1.53. The van der Waals surface area contributed by atoms with Gasteiger partial charge in [-0.05, 0) is 18.4 Å². The summed E-state index contributed by atoms with van der Waals surface area (Å²) < 4.78 is 4.91. The number of hydrogen-bond donors (Lipinski definition) is 1. The second-order valence-corrected chi connectivity index (χ2v) is 6.79. The Morgan fingerprint density at radius 3 is 2.52 bits per heavy atom. The van der Waals surface area contributed by atoms with Crippen LogP contribution in [0.2, 0.25) is 0 Å². The summed E-state index contributed by atoms with van der Waals surface area (Å²) in [6.07, 6.45) is 1.49. The van der Waals surface area contributed by atoms with Gasteiger partial charge in [0.25, 0.3) is 0 Å². The minimum atomic E-state index is 0.0136. The molecule has 0 spiro atoms. The Bertz CT molecular complexity index is 585. The highest BCUT2D eigenvalue weighted by Gasteiger charge is 2.32. The number of nitrogens with zero attached hydrogens (tertiary/aromatic N) is 2. The van der Waals surface area contributed by atoms with Crippen molar-refractivity contribution >= 4 is 11.8 Å². The van der Waals surface area contributed by atoms with Crippen LogP contribution < -0.4 is 5.32 Å². The highest BCUT2D eigenvalue weighted by Crippen LogP contribution is 2.23. The number of benzene rings is 1. The SMILES string of the molecule is COCC(=O)N1CCC(C(=O)N2CCNC(c3ccccc3)C2)CC1. The van der Waals surface area contributed by atoms with E-state index in [1.165, 1.54) is 12.7 Å². The second-order valence-electron chi connectivity index (χ2n) is 6.79. The third kappa shape index (κ3) is 4.38. The molecule has 0 radical (unpaired) electrons. The number of amides is 2. The monoisotopic (exact) mass is 345 g/mol. The van der Waals surface area contributed by atoms with E-state index in [0.29, 0.717) is 19.6 Å². The van der Waals surface area contributed by atoms with Crippen LogP contribution in [0, 0.1) is 5.92 Å². The number of ether oxygens (including phenoxy) is 1. The summed E-state index contributed by atoms with van der Waals surface area (Å²) in [5.41, 5.74) is 1.22. The number of carbonyl (C=O) groups excluding carboxylic acids is 2. The molecule has 1 aromatic carbocycles. The molecule has 0 saturated carbocycles. The summed E-state index contributed by atoms with van der Waals surface area (Å²) in [6.45, 7) is 3.70. The van der Waals surface area contributed by atoms with Gasteiger partial charge >= 0.3 is 0 Å². The summed E-state index contributed by atoms with van der Waals surface area (Å²) in [5, 5.41) is 3.50. The van der Waals surface area contributed by atoms with Crippen LogP contribution >= 0.6 is 0 Å². The molecule has 1 unspecified atom stereocenters. The zero-order valence-electron chi connectivity index (χ0n) is 14.8. The fourth-order valence-electron chi connectivity index (χ4n) is 3.71. The largest absolute Gasteiger partial charge is 0.375 e. The lowest BCUT2D eigenvalue weighted by molar-refractivity contribution is -0.143. The number of nitrogens with one attached hydrogen (secondary N) is 1. The smallest absolute Gasteiger partial charge is 0.248 e. The van der Waals surface area contributed by atoms with Gasteiger partial charge in [-0.1, -0.05) is 30.3 Å². The minimum absolute atomic E-state index is 0.0136. The van der Waals surface area contributed by atoms with E-state index in [-0.39, 0.29) is 30.4 Å². The van der Waals surface area contributed by atoms with E-state index in [1.54, 1.807) is 4.90 Å². The maximum Gasteiger partial charge on any atom is 0.248 e. The van der Waals surface area contributed by atoms with Crippen molar-refractivity contribution in [2.24, 2.45) is 5.92 Å². The first kappa shape index (κ1) is 17.9. The first-order valence-electron chi connectivity index (χ1n) is 9.03. The number of carbonyl (C=O) groups is 2. The van der Waals surface area contributed by atoms with Gasteiger partial charge < -0.3 is 19.9 Å². The lowest BCUT2D eigenvalue weighted by Crippen LogP contribution is -2.51. The molecule has 2 saturated heterocycles. The molecular weight excluding hydrogens is 318 g/mol. The fraction of sp³-hybridized carbons (Fsp3) is 0.579. The summed E-state index contributed by atoms with van der Waals surface area (Å²) in [4.78, 5) is 28.6. The third-order valence-electron chi connectivity index (χ3n) is 5.15. The van der Waals surface area contributed by atoms with E-state index in [4.69, 9.17) is 4.74 Å². The molecule has 0 bridgehead atoms. The predicted molar refractivity (Wildman–Crippen MR) is 94.9 cm³/mol. The average molecular weight is 345 g/mol. The van der Waals surface area contributed by atoms with E-state index >= 15 is 0 Å². The van der Waals surface area contributed by atoms with E-state index in [2.05, 4.69) is 17.4 Å². The van der Waals surface area contributed by atoms with Gasteiger partial charge in [0.1, 0.15) is 6.61 Å². The molecule has 6 heteroatoms. The third-order valence-corrected chi connectivity index (χ3v) is 5.15. The maximum absolute atomic E-state index is 12.9. The van der Waals surface area contributed by atoms with Crippen molar-refractivity contribution in [3.8, 4) is 0 Å². The molecule has 136 valence electrons. The van der Waals surface area contributed by atoms with Gasteiger partial charge in [-0.2, -0.15) is 0 Å².